The van der Waals surface area contributed by atoms with Crippen LogP contribution >= 0.6 is 0 Å². The Kier molecular flexibility index (Phi) is 9.51. The van der Waals surface area contributed by atoms with Gasteiger partial charge in [0.25, 0.3) is 0 Å². The molecule has 0 heterocycles. The molecule has 3 unspecified atom stereocenters. The molecule has 11 heteroatoms. The largest absolute Gasteiger partial charge is 0.743 e. The summed E-state index contributed by atoms with van der Waals surface area (Å²) >= 11 is 0. The van der Waals surface area contributed by atoms with Crippen LogP contribution in [0.25, 0.3) is 0 Å². The zero-order chi connectivity index (χ0) is 31.6. The van der Waals surface area contributed by atoms with E-state index in [1.54, 1.807) is 0 Å². The number of alkyl halides is 3. The van der Waals surface area contributed by atoms with Crippen LogP contribution in [0.3, 0.4) is 0 Å². The van der Waals surface area contributed by atoms with Crippen LogP contribution in [-0.2, 0) is 30.5 Å². The lowest BCUT2D eigenvalue weighted by Crippen LogP contribution is -2.58. The summed E-state index contributed by atoms with van der Waals surface area (Å²) in [5, 5.41) is 5.50. The highest BCUT2D eigenvalue weighted by Crippen LogP contribution is 2.62. The maximum Gasteiger partial charge on any atom is 0.364 e. The van der Waals surface area contributed by atoms with Crippen molar-refractivity contribution < 1.29 is 40.8 Å². The van der Waals surface area contributed by atoms with Crippen molar-refractivity contribution in [1.82, 2.24) is 0 Å². The van der Waals surface area contributed by atoms with Crippen molar-refractivity contribution in [1.29, 1.82) is 0 Å². The molecular weight excluding hydrogens is 613 g/mol. The van der Waals surface area contributed by atoms with E-state index in [1.807, 2.05) is 0 Å². The second-order valence-electron chi connectivity index (χ2n) is 12.1. The molecule has 3 atom stereocenters. The third kappa shape index (κ3) is 7.01. The Morgan fingerprint density at radius 1 is 0.886 bits per heavy atom. The molecule has 1 N–H and O–H groups in total. The van der Waals surface area contributed by atoms with Crippen molar-refractivity contribution in [2.24, 2.45) is 17.3 Å². The summed E-state index contributed by atoms with van der Waals surface area (Å²) in [4.78, 5) is 16.5. The van der Waals surface area contributed by atoms with Crippen molar-refractivity contribution in [2.45, 2.75) is 76.7 Å². The quantitative estimate of drug-likeness (QED) is 0.161. The monoisotopic (exact) mass is 648 g/mol. The van der Waals surface area contributed by atoms with Crippen molar-refractivity contribution in [3.63, 3.8) is 0 Å². The van der Waals surface area contributed by atoms with E-state index in [2.05, 4.69) is 91.0 Å². The van der Waals surface area contributed by atoms with Crippen LogP contribution in [0.15, 0.2) is 106 Å². The van der Waals surface area contributed by atoms with E-state index >= 15 is 0 Å². The Labute approximate surface area is 258 Å². The fraction of sp³-hybridized carbons (Fsp3) is 0.424. The van der Waals surface area contributed by atoms with E-state index in [0.717, 1.165) is 6.42 Å². The molecule has 3 aromatic carbocycles. The predicted octanol–water partition coefficient (Wildman–Crippen LogP) is 6.51. The minimum absolute atomic E-state index is 0.0146. The Bertz CT molecular complexity index is 1410. The maximum atomic E-state index is 13.4. The number of carbonyl (C=O) groups is 1. The van der Waals surface area contributed by atoms with Crippen LogP contribution in [-0.4, -0.2) is 47.7 Å². The molecule has 3 aromatic rings. The van der Waals surface area contributed by atoms with Crippen molar-refractivity contribution >= 4 is 27.0 Å². The summed E-state index contributed by atoms with van der Waals surface area (Å²) in [7, 11) is -6.14. The van der Waals surface area contributed by atoms with Crippen LogP contribution in [0.2, 0.25) is 0 Å². The summed E-state index contributed by atoms with van der Waals surface area (Å²) in [6.07, 6.45) is -0.773. The van der Waals surface area contributed by atoms with Crippen molar-refractivity contribution in [3.8, 4) is 0 Å². The Morgan fingerprint density at radius 3 is 1.70 bits per heavy atom. The van der Waals surface area contributed by atoms with Crippen LogP contribution in [0.4, 0.5) is 13.2 Å². The number of halogens is 3. The number of carbonyl (C=O) groups excluding carboxylic acids is 1. The smallest absolute Gasteiger partial charge is 0.364 e. The van der Waals surface area contributed by atoms with Gasteiger partial charge in [-0.3, -0.25) is 4.79 Å². The summed E-state index contributed by atoms with van der Waals surface area (Å²) in [5.74, 6) is -0.245. The lowest BCUT2D eigenvalue weighted by atomic mass is 9.48. The molecule has 6 nitrogen and oxygen atoms in total. The molecular formula is C33H35F3O6S2. The molecule has 4 saturated carbocycles. The van der Waals surface area contributed by atoms with Gasteiger partial charge in [0, 0.05) is 6.42 Å². The van der Waals surface area contributed by atoms with Crippen LogP contribution in [0.5, 0.6) is 0 Å². The van der Waals surface area contributed by atoms with Gasteiger partial charge in [0.15, 0.2) is 31.0 Å². The number of hydrogen-bond acceptors (Lipinski definition) is 6. The molecule has 0 spiro atoms. The fourth-order valence-corrected chi connectivity index (χ4v) is 9.80. The average molecular weight is 649 g/mol. The first-order valence-corrected chi connectivity index (χ1v) is 17.2. The minimum atomic E-state index is -6.13. The first kappa shape index (κ1) is 32.5. The summed E-state index contributed by atoms with van der Waals surface area (Å²) in [5.41, 5.74) is -1.78. The minimum Gasteiger partial charge on any atom is -0.743 e. The highest BCUT2D eigenvalue weighted by Gasteiger charge is 2.61. The van der Waals surface area contributed by atoms with Gasteiger partial charge in [-0.25, -0.2) is 12.8 Å². The van der Waals surface area contributed by atoms with E-state index in [9.17, 15) is 36.0 Å². The highest BCUT2D eigenvalue weighted by molar-refractivity contribution is 7.97. The molecule has 0 radical (unpaired) electrons. The maximum absolute atomic E-state index is 13.4. The Hall–Kier alpha value is -2.86. The first-order valence-electron chi connectivity index (χ1n) is 14.6. The predicted molar refractivity (Wildman–Crippen MR) is 159 cm³/mol. The number of benzene rings is 3. The molecule has 4 aliphatic rings. The van der Waals surface area contributed by atoms with Crippen LogP contribution in [0.1, 0.15) is 44.9 Å². The summed E-state index contributed by atoms with van der Waals surface area (Å²) < 4.78 is 75.6. The SMILES string of the molecule is O=C(OCCC(F)C(F)(F)S(=O)(=O)[O-])C12CC3CC(CC(O)(C3)C1)C2.c1ccc([S+](c2ccccc2)c2ccccc2)cc1. The third-order valence-electron chi connectivity index (χ3n) is 8.70. The normalized spacial score (nSPS) is 26.5. The van der Waals surface area contributed by atoms with Gasteiger partial charge >= 0.3 is 11.2 Å². The van der Waals surface area contributed by atoms with E-state index < -0.39 is 51.6 Å². The van der Waals surface area contributed by atoms with E-state index in [1.165, 1.54) is 14.7 Å². The standard InChI is InChI=1S/C18H15S.C15H21F3O6S/c1-4-10-16(11-5-1)19(17-12-6-2-7-13-17)18-14-8-3-9-15-18;16-11(15(17,18)25(21,22)23)1-2-24-12(19)13-4-9-3-10(5-13)7-14(20,6-9)8-13/h1-15H;9-11,20H,1-8H2,(H,21,22,23)/q+1;/p-1. The topological polar surface area (TPSA) is 104 Å². The molecule has 0 aromatic heterocycles. The number of rotatable bonds is 9. The first-order chi connectivity index (χ1) is 20.8. The van der Waals surface area contributed by atoms with E-state index in [-0.39, 0.29) is 29.2 Å². The lowest BCUT2D eigenvalue weighted by molar-refractivity contribution is -0.196. The molecule has 7 rings (SSSR count). The Balaban J connectivity index is 0.000000181. The summed E-state index contributed by atoms with van der Waals surface area (Å²) in [6, 6.07) is 32.2. The molecule has 4 fully saturated rings. The molecule has 0 saturated heterocycles. The molecule has 44 heavy (non-hydrogen) atoms. The van der Waals surface area contributed by atoms with E-state index in [4.69, 9.17) is 4.74 Å². The average Bonchev–Trinajstić information content (AvgIpc) is 2.97. The zero-order valence-electron chi connectivity index (χ0n) is 24.0. The van der Waals surface area contributed by atoms with Gasteiger partial charge in [0.2, 0.25) is 0 Å². The van der Waals surface area contributed by atoms with Gasteiger partial charge in [-0.2, -0.15) is 8.78 Å². The van der Waals surface area contributed by atoms with Gasteiger partial charge < -0.3 is 14.4 Å². The fourth-order valence-electron chi connectivity index (χ4n) is 7.26. The molecule has 0 aliphatic heterocycles. The zero-order valence-corrected chi connectivity index (χ0v) is 25.6. The second kappa shape index (κ2) is 12.9. The molecule has 0 amide bonds. The highest BCUT2D eigenvalue weighted by atomic mass is 32.2. The van der Waals surface area contributed by atoms with Gasteiger partial charge in [-0.15, -0.1) is 0 Å². The van der Waals surface area contributed by atoms with Gasteiger partial charge in [0.1, 0.15) is 0 Å². The molecule has 4 aliphatic carbocycles. The molecule has 236 valence electrons. The number of aliphatic hydroxyl groups is 1. The van der Waals surface area contributed by atoms with Crippen LogP contribution in [0, 0.1) is 17.3 Å². The van der Waals surface area contributed by atoms with Crippen molar-refractivity contribution in [2.75, 3.05) is 6.61 Å². The van der Waals surface area contributed by atoms with Gasteiger partial charge in [-0.1, -0.05) is 54.6 Å². The number of ether oxygens (including phenoxy) is 1. The van der Waals surface area contributed by atoms with Crippen molar-refractivity contribution in [3.05, 3.63) is 91.0 Å². The number of hydrogen-bond donors (Lipinski definition) is 1. The second-order valence-corrected chi connectivity index (χ2v) is 15.6. The number of esters is 1. The Morgan fingerprint density at radius 2 is 1.32 bits per heavy atom. The van der Waals surface area contributed by atoms with Gasteiger partial charge in [-0.05, 0) is 86.8 Å². The molecule has 4 bridgehead atoms. The van der Waals surface area contributed by atoms with Crippen LogP contribution < -0.4 is 0 Å². The summed E-state index contributed by atoms with van der Waals surface area (Å²) in [6.45, 7) is -0.749. The van der Waals surface area contributed by atoms with Gasteiger partial charge in [0.05, 0.1) is 28.5 Å². The lowest BCUT2D eigenvalue weighted by Gasteiger charge is -2.58. The van der Waals surface area contributed by atoms with E-state index in [0.29, 0.717) is 25.7 Å². The third-order valence-corrected chi connectivity index (χ3v) is 11.9.